The first-order chi connectivity index (χ1) is 9.20. The van der Waals surface area contributed by atoms with Crippen LogP contribution in [0.25, 0.3) is 0 Å². The first-order valence-corrected chi connectivity index (χ1v) is 6.30. The molecular formula is C15H18N2O2. The highest BCUT2D eigenvalue weighted by molar-refractivity contribution is 5.81. The molecule has 1 aromatic heterocycles. The summed E-state index contributed by atoms with van der Waals surface area (Å²) in [6.07, 6.45) is 5.23. The molecule has 2 aromatic rings. The molecule has 0 spiro atoms. The van der Waals surface area contributed by atoms with Crippen LogP contribution in [0, 0.1) is 0 Å². The van der Waals surface area contributed by atoms with Crippen molar-refractivity contribution < 1.29 is 9.53 Å². The number of aromatic nitrogens is 2. The second-order valence-electron chi connectivity index (χ2n) is 4.48. The largest absolute Gasteiger partial charge is 0.496 e. The summed E-state index contributed by atoms with van der Waals surface area (Å²) in [6, 6.07) is 7.63. The molecule has 0 aliphatic heterocycles. The minimum Gasteiger partial charge on any atom is -0.496 e. The van der Waals surface area contributed by atoms with Gasteiger partial charge in [-0.05, 0) is 6.07 Å². The molecule has 0 amide bonds. The van der Waals surface area contributed by atoms with E-state index in [0.29, 0.717) is 19.3 Å². The number of carbonyl (C=O) groups excluding carboxylic acids is 1. The number of rotatable bonds is 6. The second-order valence-corrected chi connectivity index (χ2v) is 4.48. The monoisotopic (exact) mass is 258 g/mol. The molecule has 1 heterocycles. The number of ether oxygens (including phenoxy) is 1. The highest BCUT2D eigenvalue weighted by atomic mass is 16.5. The number of hydrogen-bond donors (Lipinski definition) is 0. The van der Waals surface area contributed by atoms with E-state index in [1.54, 1.807) is 13.3 Å². The summed E-state index contributed by atoms with van der Waals surface area (Å²) >= 11 is 0. The Balaban J connectivity index is 1.93. The van der Waals surface area contributed by atoms with Gasteiger partial charge in [-0.15, -0.1) is 0 Å². The number of carbonyl (C=O) groups is 1. The fraction of sp³-hybridized carbons (Fsp3) is 0.333. The molecule has 0 bridgehead atoms. The average molecular weight is 258 g/mol. The number of para-hydroxylation sites is 1. The summed E-state index contributed by atoms with van der Waals surface area (Å²) in [5.41, 5.74) is 0.940. The molecule has 0 saturated carbocycles. The molecule has 4 heteroatoms. The maximum atomic E-state index is 12.0. The Morgan fingerprint density at radius 2 is 2.16 bits per heavy atom. The van der Waals surface area contributed by atoms with Crippen molar-refractivity contribution in [2.45, 2.75) is 19.3 Å². The van der Waals surface area contributed by atoms with Crippen molar-refractivity contribution in [1.82, 2.24) is 9.55 Å². The first kappa shape index (κ1) is 13.3. The molecule has 0 radical (unpaired) electrons. The molecule has 1 aromatic carbocycles. The van der Waals surface area contributed by atoms with Gasteiger partial charge in [0.2, 0.25) is 0 Å². The number of Topliss-reactive ketones (excluding diaryl/α,β-unsaturated/α-hetero) is 1. The van der Waals surface area contributed by atoms with E-state index in [2.05, 4.69) is 4.98 Å². The van der Waals surface area contributed by atoms with E-state index in [1.165, 1.54) is 0 Å². The van der Waals surface area contributed by atoms with Gasteiger partial charge in [-0.1, -0.05) is 18.2 Å². The Labute approximate surface area is 113 Å². The number of methoxy groups -OCH3 is 1. The van der Waals surface area contributed by atoms with Crippen LogP contribution in [-0.4, -0.2) is 22.4 Å². The van der Waals surface area contributed by atoms with E-state index in [-0.39, 0.29) is 5.78 Å². The fourth-order valence-corrected chi connectivity index (χ4v) is 2.04. The van der Waals surface area contributed by atoms with Crippen LogP contribution in [0.5, 0.6) is 5.75 Å². The summed E-state index contributed by atoms with van der Waals surface area (Å²) in [5, 5.41) is 0. The van der Waals surface area contributed by atoms with Crippen LogP contribution in [0.2, 0.25) is 0 Å². The van der Waals surface area contributed by atoms with E-state index in [1.807, 2.05) is 42.1 Å². The SMILES string of the molecule is COc1ccccc1CC(=O)CCc1nccn1C. The van der Waals surface area contributed by atoms with Gasteiger partial charge in [0.25, 0.3) is 0 Å². The normalized spacial score (nSPS) is 10.4. The zero-order chi connectivity index (χ0) is 13.7. The molecule has 0 unspecified atom stereocenters. The van der Waals surface area contributed by atoms with Crippen LogP contribution < -0.4 is 4.74 Å². The highest BCUT2D eigenvalue weighted by Gasteiger charge is 2.09. The molecule has 4 nitrogen and oxygen atoms in total. The fourth-order valence-electron chi connectivity index (χ4n) is 2.04. The Morgan fingerprint density at radius 1 is 1.37 bits per heavy atom. The van der Waals surface area contributed by atoms with Gasteiger partial charge < -0.3 is 9.30 Å². The lowest BCUT2D eigenvalue weighted by Crippen LogP contribution is -2.07. The third-order valence-electron chi connectivity index (χ3n) is 3.13. The molecule has 0 aliphatic carbocycles. The molecule has 2 rings (SSSR count). The van der Waals surface area contributed by atoms with Crippen molar-refractivity contribution >= 4 is 5.78 Å². The Morgan fingerprint density at radius 3 is 2.84 bits per heavy atom. The zero-order valence-corrected chi connectivity index (χ0v) is 11.3. The number of benzene rings is 1. The third kappa shape index (κ3) is 3.44. The average Bonchev–Trinajstić information content (AvgIpc) is 2.82. The molecule has 0 N–H and O–H groups in total. The van der Waals surface area contributed by atoms with Gasteiger partial charge >= 0.3 is 0 Å². The maximum absolute atomic E-state index is 12.0. The Kier molecular flexibility index (Phi) is 4.34. The number of aryl methyl sites for hydroxylation is 2. The summed E-state index contributed by atoms with van der Waals surface area (Å²) in [6.45, 7) is 0. The summed E-state index contributed by atoms with van der Waals surface area (Å²) in [7, 11) is 3.56. The Hall–Kier alpha value is -2.10. The van der Waals surface area contributed by atoms with Crippen LogP contribution in [0.15, 0.2) is 36.7 Å². The first-order valence-electron chi connectivity index (χ1n) is 6.30. The molecule has 100 valence electrons. The summed E-state index contributed by atoms with van der Waals surface area (Å²) in [4.78, 5) is 16.2. The quantitative estimate of drug-likeness (QED) is 0.797. The van der Waals surface area contributed by atoms with Gasteiger partial charge in [-0.2, -0.15) is 0 Å². The predicted molar refractivity (Wildman–Crippen MR) is 73.2 cm³/mol. The van der Waals surface area contributed by atoms with Crippen molar-refractivity contribution in [1.29, 1.82) is 0 Å². The standard InChI is InChI=1S/C15H18N2O2/c1-17-10-9-16-15(17)8-7-13(18)11-12-5-3-4-6-14(12)19-2/h3-6,9-10H,7-8,11H2,1-2H3. The summed E-state index contributed by atoms with van der Waals surface area (Å²) < 4.78 is 7.19. The minimum atomic E-state index is 0.201. The highest BCUT2D eigenvalue weighted by Crippen LogP contribution is 2.18. The van der Waals surface area contributed by atoms with Crippen LogP contribution in [0.4, 0.5) is 0 Å². The van der Waals surface area contributed by atoms with Crippen LogP contribution in [-0.2, 0) is 24.7 Å². The lowest BCUT2D eigenvalue weighted by atomic mass is 10.0. The number of ketones is 1. The number of hydrogen-bond acceptors (Lipinski definition) is 3. The molecule has 0 aliphatic rings. The second kappa shape index (κ2) is 6.18. The minimum absolute atomic E-state index is 0.201. The van der Waals surface area contributed by atoms with Crippen molar-refractivity contribution in [3.8, 4) is 5.75 Å². The van der Waals surface area contributed by atoms with E-state index in [0.717, 1.165) is 17.1 Å². The summed E-state index contributed by atoms with van der Waals surface area (Å²) in [5.74, 6) is 1.91. The third-order valence-corrected chi connectivity index (χ3v) is 3.13. The van der Waals surface area contributed by atoms with Crippen LogP contribution in [0.3, 0.4) is 0 Å². The van der Waals surface area contributed by atoms with E-state index in [9.17, 15) is 4.79 Å². The van der Waals surface area contributed by atoms with Gasteiger partial charge in [0.15, 0.2) is 0 Å². The van der Waals surface area contributed by atoms with Gasteiger partial charge in [0.1, 0.15) is 17.4 Å². The molecular weight excluding hydrogens is 240 g/mol. The van der Waals surface area contributed by atoms with Gasteiger partial charge in [0.05, 0.1) is 7.11 Å². The lowest BCUT2D eigenvalue weighted by molar-refractivity contribution is -0.118. The number of imidazole rings is 1. The van der Waals surface area contributed by atoms with Crippen molar-refractivity contribution in [2.75, 3.05) is 7.11 Å². The van der Waals surface area contributed by atoms with Gasteiger partial charge in [-0.25, -0.2) is 4.98 Å². The maximum Gasteiger partial charge on any atom is 0.137 e. The Bertz CT molecular complexity index is 561. The smallest absolute Gasteiger partial charge is 0.137 e. The molecule has 0 fully saturated rings. The lowest BCUT2D eigenvalue weighted by Gasteiger charge is -2.07. The molecule has 0 saturated heterocycles. The predicted octanol–water partition coefficient (Wildman–Crippen LogP) is 2.17. The molecule has 0 atom stereocenters. The van der Waals surface area contributed by atoms with Gasteiger partial charge in [-0.3, -0.25) is 4.79 Å². The topological polar surface area (TPSA) is 44.1 Å². The zero-order valence-electron chi connectivity index (χ0n) is 11.3. The van der Waals surface area contributed by atoms with Crippen molar-refractivity contribution in [3.63, 3.8) is 0 Å². The van der Waals surface area contributed by atoms with Crippen LogP contribution >= 0.6 is 0 Å². The van der Waals surface area contributed by atoms with Gasteiger partial charge in [0, 0.05) is 44.3 Å². The van der Waals surface area contributed by atoms with Crippen LogP contribution in [0.1, 0.15) is 17.8 Å². The number of nitrogens with zero attached hydrogens (tertiary/aromatic N) is 2. The van der Waals surface area contributed by atoms with E-state index < -0.39 is 0 Å². The van der Waals surface area contributed by atoms with E-state index >= 15 is 0 Å². The molecule has 19 heavy (non-hydrogen) atoms. The van der Waals surface area contributed by atoms with Crippen molar-refractivity contribution in [2.24, 2.45) is 7.05 Å². The van der Waals surface area contributed by atoms with E-state index in [4.69, 9.17) is 4.74 Å². The van der Waals surface area contributed by atoms with Crippen molar-refractivity contribution in [3.05, 3.63) is 48.0 Å².